The largest absolute Gasteiger partial charge is 0.380 e. The molecule has 3 heteroatoms. The lowest BCUT2D eigenvalue weighted by Crippen LogP contribution is -2.42. The van der Waals surface area contributed by atoms with Crippen molar-refractivity contribution in [1.29, 1.82) is 0 Å². The van der Waals surface area contributed by atoms with Crippen LogP contribution in [0.25, 0.3) is 0 Å². The molecule has 0 amide bonds. The van der Waals surface area contributed by atoms with Gasteiger partial charge in [0.1, 0.15) is 0 Å². The molecule has 18 heavy (non-hydrogen) atoms. The average molecular weight is 248 g/mol. The number of methoxy groups -OCH3 is 1. The van der Waals surface area contributed by atoms with E-state index < -0.39 is 0 Å². The summed E-state index contributed by atoms with van der Waals surface area (Å²) in [7, 11) is 1.74. The SMILES string of the molecule is CCNC1CCN(c2cccc(COC)c2)CC1. The van der Waals surface area contributed by atoms with Gasteiger partial charge in [-0.1, -0.05) is 19.1 Å². The monoisotopic (exact) mass is 248 g/mol. The maximum absolute atomic E-state index is 5.19. The molecule has 0 aliphatic carbocycles. The van der Waals surface area contributed by atoms with Crippen LogP contribution in [0.15, 0.2) is 24.3 Å². The summed E-state index contributed by atoms with van der Waals surface area (Å²) >= 11 is 0. The summed E-state index contributed by atoms with van der Waals surface area (Å²) in [5.74, 6) is 0. The predicted molar refractivity (Wildman–Crippen MR) is 76.1 cm³/mol. The fourth-order valence-electron chi connectivity index (χ4n) is 2.64. The van der Waals surface area contributed by atoms with Crippen LogP contribution in [0, 0.1) is 0 Å². The number of nitrogens with one attached hydrogen (secondary N) is 1. The van der Waals surface area contributed by atoms with Gasteiger partial charge in [0, 0.05) is 31.9 Å². The third kappa shape index (κ3) is 3.47. The zero-order valence-electron chi connectivity index (χ0n) is 11.5. The normalized spacial score (nSPS) is 17.1. The molecule has 1 heterocycles. The molecule has 1 aliphatic rings. The first-order valence-electron chi connectivity index (χ1n) is 6.89. The summed E-state index contributed by atoms with van der Waals surface area (Å²) in [6.45, 7) is 6.25. The molecule has 1 aliphatic heterocycles. The molecule has 0 aromatic heterocycles. The third-order valence-electron chi connectivity index (χ3n) is 3.57. The van der Waals surface area contributed by atoms with Gasteiger partial charge in [-0.25, -0.2) is 0 Å². The van der Waals surface area contributed by atoms with Crippen LogP contribution in [0.3, 0.4) is 0 Å². The number of benzene rings is 1. The van der Waals surface area contributed by atoms with Crippen LogP contribution in [-0.4, -0.2) is 32.8 Å². The molecule has 0 unspecified atom stereocenters. The van der Waals surface area contributed by atoms with Crippen molar-refractivity contribution < 1.29 is 4.74 Å². The Morgan fingerprint density at radius 3 is 2.78 bits per heavy atom. The predicted octanol–water partition coefficient (Wildman–Crippen LogP) is 2.41. The Morgan fingerprint density at radius 2 is 2.11 bits per heavy atom. The van der Waals surface area contributed by atoms with Gasteiger partial charge in [0.2, 0.25) is 0 Å². The van der Waals surface area contributed by atoms with Crippen molar-refractivity contribution in [3.8, 4) is 0 Å². The summed E-state index contributed by atoms with van der Waals surface area (Å²) in [6, 6.07) is 9.40. The molecule has 1 aromatic carbocycles. The Bertz CT molecular complexity index is 359. The molecule has 0 radical (unpaired) electrons. The van der Waals surface area contributed by atoms with E-state index in [9.17, 15) is 0 Å². The second-order valence-corrected chi connectivity index (χ2v) is 4.92. The molecular formula is C15H24N2O. The van der Waals surface area contributed by atoms with Crippen molar-refractivity contribution in [2.24, 2.45) is 0 Å². The number of nitrogens with zero attached hydrogens (tertiary/aromatic N) is 1. The summed E-state index contributed by atoms with van der Waals surface area (Å²) < 4.78 is 5.19. The Hall–Kier alpha value is -1.06. The smallest absolute Gasteiger partial charge is 0.0713 e. The molecule has 3 nitrogen and oxygen atoms in total. The van der Waals surface area contributed by atoms with Gasteiger partial charge in [-0.05, 0) is 37.1 Å². The van der Waals surface area contributed by atoms with Crippen molar-refractivity contribution >= 4 is 5.69 Å². The van der Waals surface area contributed by atoms with E-state index >= 15 is 0 Å². The average Bonchev–Trinajstić information content (AvgIpc) is 2.41. The van der Waals surface area contributed by atoms with Crippen LogP contribution in [0.1, 0.15) is 25.3 Å². The number of ether oxygens (including phenoxy) is 1. The van der Waals surface area contributed by atoms with Gasteiger partial charge in [0.15, 0.2) is 0 Å². The van der Waals surface area contributed by atoms with Gasteiger partial charge in [-0.3, -0.25) is 0 Å². The van der Waals surface area contributed by atoms with E-state index in [1.54, 1.807) is 7.11 Å². The first-order valence-corrected chi connectivity index (χ1v) is 6.89. The molecule has 1 N–H and O–H groups in total. The fraction of sp³-hybridized carbons (Fsp3) is 0.600. The highest BCUT2D eigenvalue weighted by molar-refractivity contribution is 5.48. The standard InChI is InChI=1S/C15H24N2O/c1-3-16-14-7-9-17(10-8-14)15-6-4-5-13(11-15)12-18-2/h4-6,11,14,16H,3,7-10,12H2,1-2H3. The molecule has 0 saturated carbocycles. The summed E-state index contributed by atoms with van der Waals surface area (Å²) in [5.41, 5.74) is 2.59. The van der Waals surface area contributed by atoms with E-state index in [0.29, 0.717) is 12.6 Å². The number of hydrogen-bond donors (Lipinski definition) is 1. The zero-order chi connectivity index (χ0) is 12.8. The lowest BCUT2D eigenvalue weighted by Gasteiger charge is -2.34. The molecule has 0 atom stereocenters. The molecule has 100 valence electrons. The molecule has 0 bridgehead atoms. The summed E-state index contributed by atoms with van der Waals surface area (Å²) in [6.07, 6.45) is 2.48. The molecule has 0 spiro atoms. The number of rotatable bonds is 5. The highest BCUT2D eigenvalue weighted by atomic mass is 16.5. The molecule has 2 rings (SSSR count). The maximum atomic E-state index is 5.19. The van der Waals surface area contributed by atoms with Crippen molar-refractivity contribution in [2.75, 3.05) is 31.6 Å². The van der Waals surface area contributed by atoms with E-state index in [1.807, 2.05) is 0 Å². The number of anilines is 1. The van der Waals surface area contributed by atoms with Gasteiger partial charge < -0.3 is 15.0 Å². The first kappa shape index (κ1) is 13.4. The number of hydrogen-bond acceptors (Lipinski definition) is 3. The Balaban J connectivity index is 1.94. The van der Waals surface area contributed by atoms with Crippen molar-refractivity contribution in [1.82, 2.24) is 5.32 Å². The minimum absolute atomic E-state index is 0.696. The molecule has 1 fully saturated rings. The van der Waals surface area contributed by atoms with Crippen molar-refractivity contribution in [3.05, 3.63) is 29.8 Å². The Morgan fingerprint density at radius 1 is 1.33 bits per heavy atom. The van der Waals surface area contributed by atoms with E-state index in [2.05, 4.69) is 41.4 Å². The molecule has 1 aromatic rings. The van der Waals surface area contributed by atoms with Gasteiger partial charge in [0.25, 0.3) is 0 Å². The zero-order valence-corrected chi connectivity index (χ0v) is 11.5. The third-order valence-corrected chi connectivity index (χ3v) is 3.57. The van der Waals surface area contributed by atoms with Gasteiger partial charge in [-0.2, -0.15) is 0 Å². The highest BCUT2D eigenvalue weighted by Gasteiger charge is 2.18. The Kier molecular flexibility index (Phi) is 5.02. The van der Waals surface area contributed by atoms with Gasteiger partial charge >= 0.3 is 0 Å². The van der Waals surface area contributed by atoms with Crippen LogP contribution in [-0.2, 0) is 11.3 Å². The van der Waals surface area contributed by atoms with Gasteiger partial charge in [0.05, 0.1) is 6.61 Å². The lowest BCUT2D eigenvalue weighted by molar-refractivity contribution is 0.185. The van der Waals surface area contributed by atoms with Crippen molar-refractivity contribution in [2.45, 2.75) is 32.4 Å². The second-order valence-electron chi connectivity index (χ2n) is 4.92. The molecular weight excluding hydrogens is 224 g/mol. The van der Waals surface area contributed by atoms with Crippen LogP contribution in [0.4, 0.5) is 5.69 Å². The lowest BCUT2D eigenvalue weighted by atomic mass is 10.0. The summed E-state index contributed by atoms with van der Waals surface area (Å²) in [5, 5.41) is 3.54. The quantitative estimate of drug-likeness (QED) is 0.866. The van der Waals surface area contributed by atoms with E-state index in [1.165, 1.54) is 24.1 Å². The second kappa shape index (κ2) is 6.76. The fourth-order valence-corrected chi connectivity index (χ4v) is 2.64. The minimum Gasteiger partial charge on any atom is -0.380 e. The maximum Gasteiger partial charge on any atom is 0.0713 e. The van der Waals surface area contributed by atoms with Crippen LogP contribution in [0.5, 0.6) is 0 Å². The summed E-state index contributed by atoms with van der Waals surface area (Å²) in [4.78, 5) is 2.48. The highest BCUT2D eigenvalue weighted by Crippen LogP contribution is 2.21. The van der Waals surface area contributed by atoms with Crippen LogP contribution >= 0.6 is 0 Å². The van der Waals surface area contributed by atoms with E-state index in [4.69, 9.17) is 4.74 Å². The van der Waals surface area contributed by atoms with Crippen LogP contribution in [0.2, 0.25) is 0 Å². The van der Waals surface area contributed by atoms with E-state index in [0.717, 1.165) is 19.6 Å². The van der Waals surface area contributed by atoms with E-state index in [-0.39, 0.29) is 0 Å². The first-order chi connectivity index (χ1) is 8.83. The van der Waals surface area contributed by atoms with Crippen LogP contribution < -0.4 is 10.2 Å². The topological polar surface area (TPSA) is 24.5 Å². The van der Waals surface area contributed by atoms with Crippen molar-refractivity contribution in [3.63, 3.8) is 0 Å². The van der Waals surface area contributed by atoms with Gasteiger partial charge in [-0.15, -0.1) is 0 Å². The molecule has 1 saturated heterocycles. The minimum atomic E-state index is 0.696. The Labute approximate surface area is 110 Å². The number of piperidine rings is 1.